The van der Waals surface area contributed by atoms with Gasteiger partial charge in [0.1, 0.15) is 6.04 Å². The Morgan fingerprint density at radius 2 is 1.95 bits per heavy atom. The average Bonchev–Trinajstić information content (AvgIpc) is 2.88. The van der Waals surface area contributed by atoms with Crippen LogP contribution < -0.4 is 5.32 Å². The Balaban J connectivity index is 1.69. The van der Waals surface area contributed by atoms with E-state index in [2.05, 4.69) is 5.32 Å². The van der Waals surface area contributed by atoms with Crippen LogP contribution in [0.2, 0.25) is 0 Å². The van der Waals surface area contributed by atoms with Gasteiger partial charge in [-0.1, -0.05) is 12.8 Å². The summed E-state index contributed by atoms with van der Waals surface area (Å²) in [6, 6.07) is -0.442. The SMILES string of the molecule is O=C(O)C1CC2CCCCC2N1C(=O)NC1CCCSC1. The molecule has 5 nitrogen and oxygen atoms in total. The van der Waals surface area contributed by atoms with Gasteiger partial charge in [0.2, 0.25) is 0 Å². The number of amides is 2. The second-order valence-electron chi connectivity index (χ2n) is 6.47. The second-order valence-corrected chi connectivity index (χ2v) is 7.62. The molecule has 2 heterocycles. The van der Waals surface area contributed by atoms with Crippen LogP contribution in [0.5, 0.6) is 0 Å². The molecule has 4 unspecified atom stereocenters. The highest BCUT2D eigenvalue weighted by atomic mass is 32.2. The predicted molar refractivity (Wildman–Crippen MR) is 82.5 cm³/mol. The van der Waals surface area contributed by atoms with Crippen molar-refractivity contribution in [3.8, 4) is 0 Å². The molecule has 0 aromatic rings. The summed E-state index contributed by atoms with van der Waals surface area (Å²) in [6.07, 6.45) is 7.08. The van der Waals surface area contributed by atoms with Gasteiger partial charge >= 0.3 is 12.0 Å². The number of fused-ring (bicyclic) bond motifs is 1. The number of rotatable bonds is 2. The summed E-state index contributed by atoms with van der Waals surface area (Å²) < 4.78 is 0. The number of carboxylic acids is 1. The van der Waals surface area contributed by atoms with Crippen LogP contribution in [0.4, 0.5) is 4.79 Å². The maximum absolute atomic E-state index is 12.6. The quantitative estimate of drug-likeness (QED) is 0.821. The van der Waals surface area contributed by atoms with Crippen LogP contribution in [0.15, 0.2) is 0 Å². The van der Waals surface area contributed by atoms with Crippen LogP contribution in [-0.4, -0.2) is 51.6 Å². The first-order valence-electron chi connectivity index (χ1n) is 8.06. The Kier molecular flexibility index (Phi) is 4.62. The fraction of sp³-hybridized carbons (Fsp3) is 0.867. The molecule has 0 aromatic heterocycles. The molecule has 0 bridgehead atoms. The average molecular weight is 312 g/mol. The van der Waals surface area contributed by atoms with E-state index in [9.17, 15) is 14.7 Å². The van der Waals surface area contributed by atoms with Crippen LogP contribution in [0.3, 0.4) is 0 Å². The number of hydrogen-bond acceptors (Lipinski definition) is 3. The fourth-order valence-corrected chi connectivity index (χ4v) is 5.15. The summed E-state index contributed by atoms with van der Waals surface area (Å²) in [5.41, 5.74) is 0. The van der Waals surface area contributed by atoms with Gasteiger partial charge in [-0.25, -0.2) is 9.59 Å². The Morgan fingerprint density at radius 1 is 1.14 bits per heavy atom. The number of hydrogen-bond donors (Lipinski definition) is 2. The standard InChI is InChI=1S/C15H24N2O3S/c18-14(19)13-8-10-4-1-2-6-12(10)17(13)15(20)16-11-5-3-7-21-9-11/h10-13H,1-9H2,(H,16,20)(H,18,19). The van der Waals surface area contributed by atoms with Crippen molar-refractivity contribution in [2.45, 2.75) is 63.1 Å². The van der Waals surface area contributed by atoms with E-state index in [0.29, 0.717) is 12.3 Å². The molecule has 2 saturated heterocycles. The smallest absolute Gasteiger partial charge is 0.326 e. The molecule has 0 aromatic carbocycles. The van der Waals surface area contributed by atoms with Gasteiger partial charge in [0.15, 0.2) is 0 Å². The third-order valence-corrected chi connectivity index (χ3v) is 6.31. The summed E-state index contributed by atoms with van der Waals surface area (Å²) in [5, 5.41) is 12.5. The molecule has 21 heavy (non-hydrogen) atoms. The molecule has 3 fully saturated rings. The minimum absolute atomic E-state index is 0.135. The number of nitrogens with one attached hydrogen (secondary N) is 1. The summed E-state index contributed by atoms with van der Waals surface area (Å²) in [4.78, 5) is 25.8. The van der Waals surface area contributed by atoms with E-state index < -0.39 is 12.0 Å². The number of carboxylic acid groups (broad SMARTS) is 1. The molecule has 6 heteroatoms. The lowest BCUT2D eigenvalue weighted by molar-refractivity contribution is -0.141. The number of aliphatic carboxylic acids is 1. The molecule has 3 rings (SSSR count). The lowest BCUT2D eigenvalue weighted by Crippen LogP contribution is -2.53. The number of urea groups is 1. The molecular formula is C15H24N2O3S. The van der Waals surface area contributed by atoms with Crippen molar-refractivity contribution in [3.05, 3.63) is 0 Å². The second kappa shape index (κ2) is 6.46. The van der Waals surface area contributed by atoms with Crippen LogP contribution in [-0.2, 0) is 4.79 Å². The molecule has 2 amide bonds. The van der Waals surface area contributed by atoms with Crippen molar-refractivity contribution in [1.29, 1.82) is 0 Å². The Labute approximate surface area is 129 Å². The van der Waals surface area contributed by atoms with Gasteiger partial charge in [-0.15, -0.1) is 0 Å². The molecular weight excluding hydrogens is 288 g/mol. The van der Waals surface area contributed by atoms with E-state index in [1.165, 1.54) is 12.2 Å². The zero-order valence-electron chi connectivity index (χ0n) is 12.3. The Hall–Kier alpha value is -0.910. The van der Waals surface area contributed by atoms with Crippen molar-refractivity contribution in [2.75, 3.05) is 11.5 Å². The molecule has 0 radical (unpaired) electrons. The van der Waals surface area contributed by atoms with Crippen molar-refractivity contribution in [1.82, 2.24) is 10.2 Å². The highest BCUT2D eigenvalue weighted by Gasteiger charge is 2.47. The van der Waals surface area contributed by atoms with Crippen LogP contribution in [0.1, 0.15) is 44.9 Å². The summed E-state index contributed by atoms with van der Waals surface area (Å²) in [7, 11) is 0. The van der Waals surface area contributed by atoms with Crippen LogP contribution >= 0.6 is 11.8 Å². The van der Waals surface area contributed by atoms with Gasteiger partial charge in [-0.2, -0.15) is 11.8 Å². The van der Waals surface area contributed by atoms with E-state index in [1.54, 1.807) is 4.90 Å². The third kappa shape index (κ3) is 3.15. The summed E-state index contributed by atoms with van der Waals surface area (Å²) >= 11 is 1.87. The maximum atomic E-state index is 12.6. The van der Waals surface area contributed by atoms with Crippen molar-refractivity contribution in [2.24, 2.45) is 5.92 Å². The molecule has 1 aliphatic carbocycles. The van der Waals surface area contributed by atoms with Crippen LogP contribution in [0.25, 0.3) is 0 Å². The van der Waals surface area contributed by atoms with E-state index >= 15 is 0 Å². The highest BCUT2D eigenvalue weighted by molar-refractivity contribution is 7.99. The zero-order valence-corrected chi connectivity index (χ0v) is 13.1. The number of carbonyl (C=O) groups is 2. The van der Waals surface area contributed by atoms with Gasteiger partial charge in [0.25, 0.3) is 0 Å². The van der Waals surface area contributed by atoms with Crippen molar-refractivity contribution in [3.63, 3.8) is 0 Å². The van der Waals surface area contributed by atoms with E-state index in [0.717, 1.165) is 37.9 Å². The van der Waals surface area contributed by atoms with Gasteiger partial charge < -0.3 is 15.3 Å². The first kappa shape index (κ1) is 15.0. The molecule has 3 aliphatic rings. The van der Waals surface area contributed by atoms with Gasteiger partial charge in [0.05, 0.1) is 0 Å². The fourth-order valence-electron chi connectivity index (χ4n) is 4.08. The van der Waals surface area contributed by atoms with Gasteiger partial charge in [-0.05, 0) is 43.8 Å². The topological polar surface area (TPSA) is 69.6 Å². The first-order valence-corrected chi connectivity index (χ1v) is 9.21. The molecule has 4 atom stereocenters. The lowest BCUT2D eigenvalue weighted by Gasteiger charge is -2.34. The number of nitrogens with zero attached hydrogens (tertiary/aromatic N) is 1. The first-order chi connectivity index (χ1) is 10.2. The van der Waals surface area contributed by atoms with E-state index in [4.69, 9.17) is 0 Å². The summed E-state index contributed by atoms with van der Waals surface area (Å²) in [5.74, 6) is 1.65. The summed E-state index contributed by atoms with van der Waals surface area (Å²) in [6.45, 7) is 0. The normalized spacial score (nSPS) is 36.1. The van der Waals surface area contributed by atoms with Crippen molar-refractivity contribution < 1.29 is 14.7 Å². The molecule has 2 aliphatic heterocycles. The number of carbonyl (C=O) groups excluding carboxylic acids is 1. The Bertz CT molecular complexity index is 412. The van der Waals surface area contributed by atoms with E-state index in [1.807, 2.05) is 11.8 Å². The third-order valence-electron chi connectivity index (χ3n) is 5.10. The lowest BCUT2D eigenvalue weighted by atomic mass is 9.85. The van der Waals surface area contributed by atoms with Gasteiger partial charge in [-0.3, -0.25) is 0 Å². The van der Waals surface area contributed by atoms with Crippen molar-refractivity contribution >= 4 is 23.8 Å². The monoisotopic (exact) mass is 312 g/mol. The van der Waals surface area contributed by atoms with Gasteiger partial charge in [0, 0.05) is 17.8 Å². The van der Waals surface area contributed by atoms with E-state index in [-0.39, 0.29) is 18.1 Å². The molecule has 1 saturated carbocycles. The Morgan fingerprint density at radius 3 is 2.67 bits per heavy atom. The largest absolute Gasteiger partial charge is 0.480 e. The van der Waals surface area contributed by atoms with Crippen LogP contribution in [0, 0.1) is 5.92 Å². The number of likely N-dealkylation sites (tertiary alicyclic amines) is 1. The maximum Gasteiger partial charge on any atom is 0.326 e. The number of thioether (sulfide) groups is 1. The zero-order chi connectivity index (χ0) is 14.8. The molecule has 118 valence electrons. The minimum atomic E-state index is -0.849. The molecule has 2 N–H and O–H groups in total. The predicted octanol–water partition coefficient (Wildman–Crippen LogP) is 2.31. The molecule has 0 spiro atoms. The highest BCUT2D eigenvalue weighted by Crippen LogP contribution is 2.39. The minimum Gasteiger partial charge on any atom is -0.480 e.